The Labute approximate surface area is 123 Å². The van der Waals surface area contributed by atoms with Crippen molar-refractivity contribution in [2.24, 2.45) is 0 Å². The number of fused-ring (bicyclic) bond motifs is 2. The normalized spacial score (nSPS) is 14.9. The van der Waals surface area contributed by atoms with Crippen LogP contribution in [0.2, 0.25) is 0 Å². The van der Waals surface area contributed by atoms with E-state index in [4.69, 9.17) is 9.15 Å². The Morgan fingerprint density at radius 1 is 1.14 bits per heavy atom. The van der Waals surface area contributed by atoms with E-state index in [0.717, 1.165) is 29.7 Å². The minimum atomic E-state index is 0.125. The van der Waals surface area contributed by atoms with Crippen LogP contribution in [0, 0.1) is 0 Å². The molecular weight excluding hydrogens is 262 g/mol. The van der Waals surface area contributed by atoms with Crippen LogP contribution in [-0.2, 0) is 6.42 Å². The summed E-state index contributed by atoms with van der Waals surface area (Å²) in [4.78, 5) is 0. The van der Waals surface area contributed by atoms with Crippen molar-refractivity contribution >= 4 is 11.0 Å². The highest BCUT2D eigenvalue weighted by molar-refractivity contribution is 5.82. The lowest BCUT2D eigenvalue weighted by Crippen LogP contribution is -2.17. The van der Waals surface area contributed by atoms with Crippen LogP contribution in [0.25, 0.3) is 11.0 Å². The molecule has 1 aliphatic heterocycles. The van der Waals surface area contributed by atoms with Crippen LogP contribution in [0.4, 0.5) is 0 Å². The maximum Gasteiger partial charge on any atom is 0.134 e. The molecule has 1 aromatic heterocycles. The molecule has 21 heavy (non-hydrogen) atoms. The summed E-state index contributed by atoms with van der Waals surface area (Å²) in [6.07, 6.45) is 2.85. The smallest absolute Gasteiger partial charge is 0.134 e. The van der Waals surface area contributed by atoms with Gasteiger partial charge in [-0.05, 0) is 30.3 Å². The monoisotopic (exact) mass is 279 g/mol. The summed E-state index contributed by atoms with van der Waals surface area (Å²) in [6.45, 7) is 0.789. The van der Waals surface area contributed by atoms with Crippen LogP contribution >= 0.6 is 0 Å². The fraction of sp³-hybridized carbons (Fsp3) is 0.222. The number of furan rings is 1. The van der Waals surface area contributed by atoms with Crippen LogP contribution in [0.3, 0.4) is 0 Å². The van der Waals surface area contributed by atoms with E-state index in [0.29, 0.717) is 0 Å². The third kappa shape index (κ3) is 2.01. The van der Waals surface area contributed by atoms with Gasteiger partial charge in [0.2, 0.25) is 0 Å². The lowest BCUT2D eigenvalue weighted by Gasteiger charge is -2.16. The molecule has 0 saturated carbocycles. The molecule has 0 bridgehead atoms. The van der Waals surface area contributed by atoms with Gasteiger partial charge in [-0.1, -0.05) is 30.3 Å². The van der Waals surface area contributed by atoms with Gasteiger partial charge in [0.25, 0.3) is 0 Å². The number of ether oxygens (including phenoxy) is 1. The predicted octanol–water partition coefficient (Wildman–Crippen LogP) is 3.68. The van der Waals surface area contributed by atoms with Crippen molar-refractivity contribution in [2.45, 2.75) is 12.5 Å². The second-order valence-corrected chi connectivity index (χ2v) is 5.37. The van der Waals surface area contributed by atoms with E-state index in [9.17, 15) is 0 Å². The Balaban J connectivity index is 1.81. The number of hydrogen-bond acceptors (Lipinski definition) is 3. The van der Waals surface area contributed by atoms with Crippen molar-refractivity contribution in [3.8, 4) is 5.75 Å². The minimum Gasteiger partial charge on any atom is -0.493 e. The Morgan fingerprint density at radius 3 is 2.95 bits per heavy atom. The van der Waals surface area contributed by atoms with E-state index in [1.165, 1.54) is 16.7 Å². The summed E-state index contributed by atoms with van der Waals surface area (Å²) in [5.74, 6) is 1.02. The van der Waals surface area contributed by atoms with Gasteiger partial charge >= 0.3 is 0 Å². The average Bonchev–Trinajstić information content (AvgIpc) is 3.15. The molecule has 4 rings (SSSR count). The zero-order chi connectivity index (χ0) is 14.2. The molecule has 0 fully saturated rings. The molecule has 1 unspecified atom stereocenters. The predicted molar refractivity (Wildman–Crippen MR) is 82.8 cm³/mol. The Kier molecular flexibility index (Phi) is 2.93. The molecule has 0 saturated heterocycles. The van der Waals surface area contributed by atoms with E-state index in [1.54, 1.807) is 0 Å². The van der Waals surface area contributed by atoms with Gasteiger partial charge < -0.3 is 14.5 Å². The standard InChI is InChI=1S/C18H17NO2/c1-19-18(13-6-7-16-12(10-13)8-9-20-16)15-11-21-17-5-3-2-4-14(15)17/h2-7,10-11,18-19H,8-9H2,1H3. The third-order valence-corrected chi connectivity index (χ3v) is 4.16. The molecule has 2 heterocycles. The van der Waals surface area contributed by atoms with Crippen molar-refractivity contribution < 1.29 is 9.15 Å². The first kappa shape index (κ1) is 12.5. The zero-order valence-corrected chi connectivity index (χ0v) is 11.9. The van der Waals surface area contributed by atoms with E-state index >= 15 is 0 Å². The van der Waals surface area contributed by atoms with Crippen molar-refractivity contribution in [3.05, 3.63) is 65.4 Å². The third-order valence-electron chi connectivity index (χ3n) is 4.16. The molecule has 3 nitrogen and oxygen atoms in total. The number of benzene rings is 2. The lowest BCUT2D eigenvalue weighted by molar-refractivity contribution is 0.357. The quantitative estimate of drug-likeness (QED) is 0.794. The van der Waals surface area contributed by atoms with Gasteiger partial charge in [0.15, 0.2) is 0 Å². The van der Waals surface area contributed by atoms with E-state index in [1.807, 2.05) is 31.5 Å². The number of nitrogens with one attached hydrogen (secondary N) is 1. The van der Waals surface area contributed by atoms with Crippen molar-refractivity contribution in [2.75, 3.05) is 13.7 Å². The largest absolute Gasteiger partial charge is 0.493 e. The van der Waals surface area contributed by atoms with Crippen LogP contribution < -0.4 is 10.1 Å². The molecule has 1 N–H and O–H groups in total. The molecule has 3 aromatic rings. The van der Waals surface area contributed by atoms with Gasteiger partial charge in [0.1, 0.15) is 11.3 Å². The van der Waals surface area contributed by atoms with Gasteiger partial charge in [0.05, 0.1) is 18.9 Å². The Morgan fingerprint density at radius 2 is 2.05 bits per heavy atom. The summed E-state index contributed by atoms with van der Waals surface area (Å²) in [6, 6.07) is 14.7. The summed E-state index contributed by atoms with van der Waals surface area (Å²) in [5.41, 5.74) is 4.64. The summed E-state index contributed by atoms with van der Waals surface area (Å²) in [5, 5.41) is 4.56. The molecule has 1 atom stereocenters. The van der Waals surface area contributed by atoms with E-state index < -0.39 is 0 Å². The second kappa shape index (κ2) is 4.93. The number of para-hydroxylation sites is 1. The topological polar surface area (TPSA) is 34.4 Å². The Hall–Kier alpha value is -2.26. The van der Waals surface area contributed by atoms with Gasteiger partial charge in [-0.2, -0.15) is 0 Å². The first-order valence-electron chi connectivity index (χ1n) is 7.26. The highest BCUT2D eigenvalue weighted by Gasteiger charge is 2.20. The second-order valence-electron chi connectivity index (χ2n) is 5.37. The SMILES string of the molecule is CNC(c1ccc2c(c1)CCO2)c1coc2ccccc12. The molecular formula is C18H17NO2. The van der Waals surface area contributed by atoms with Gasteiger partial charge in [-0.15, -0.1) is 0 Å². The molecule has 2 aromatic carbocycles. The fourth-order valence-corrected chi connectivity index (χ4v) is 3.11. The first-order valence-corrected chi connectivity index (χ1v) is 7.26. The molecule has 0 radical (unpaired) electrons. The van der Waals surface area contributed by atoms with Gasteiger partial charge in [0, 0.05) is 17.4 Å². The van der Waals surface area contributed by atoms with Crippen LogP contribution in [0.1, 0.15) is 22.7 Å². The average molecular weight is 279 g/mol. The molecule has 1 aliphatic rings. The lowest BCUT2D eigenvalue weighted by atomic mass is 9.96. The zero-order valence-electron chi connectivity index (χ0n) is 11.9. The Bertz CT molecular complexity index is 791. The summed E-state index contributed by atoms with van der Waals surface area (Å²) in [7, 11) is 1.98. The van der Waals surface area contributed by atoms with Crippen LogP contribution in [0.5, 0.6) is 5.75 Å². The first-order chi connectivity index (χ1) is 10.4. The van der Waals surface area contributed by atoms with Crippen molar-refractivity contribution in [1.29, 1.82) is 0 Å². The minimum absolute atomic E-state index is 0.125. The van der Waals surface area contributed by atoms with Crippen LogP contribution in [0.15, 0.2) is 53.1 Å². The highest BCUT2D eigenvalue weighted by atomic mass is 16.5. The maximum absolute atomic E-state index is 5.68. The number of rotatable bonds is 3. The highest BCUT2D eigenvalue weighted by Crippen LogP contribution is 2.33. The fourth-order valence-electron chi connectivity index (χ4n) is 3.11. The molecule has 0 spiro atoms. The van der Waals surface area contributed by atoms with Gasteiger partial charge in [-0.3, -0.25) is 0 Å². The molecule has 3 heteroatoms. The van der Waals surface area contributed by atoms with Crippen molar-refractivity contribution in [3.63, 3.8) is 0 Å². The maximum atomic E-state index is 5.68. The van der Waals surface area contributed by atoms with Gasteiger partial charge in [-0.25, -0.2) is 0 Å². The molecule has 0 amide bonds. The molecule has 106 valence electrons. The number of hydrogen-bond donors (Lipinski definition) is 1. The van der Waals surface area contributed by atoms with E-state index in [2.05, 4.69) is 29.6 Å². The molecule has 0 aliphatic carbocycles. The van der Waals surface area contributed by atoms with Crippen LogP contribution in [-0.4, -0.2) is 13.7 Å². The summed E-state index contributed by atoms with van der Waals surface area (Å²) < 4.78 is 11.3. The van der Waals surface area contributed by atoms with Crippen molar-refractivity contribution in [1.82, 2.24) is 5.32 Å². The van der Waals surface area contributed by atoms with E-state index in [-0.39, 0.29) is 6.04 Å². The summed E-state index contributed by atoms with van der Waals surface area (Å²) >= 11 is 0.